The summed E-state index contributed by atoms with van der Waals surface area (Å²) in [5.74, 6) is 0. The van der Waals surface area contributed by atoms with Crippen molar-refractivity contribution in [2.45, 2.75) is 258 Å². The maximum absolute atomic E-state index is 11.2. The van der Waals surface area contributed by atoms with Crippen LogP contribution < -0.4 is 0 Å². The minimum atomic E-state index is -0.422. The van der Waals surface area contributed by atoms with Crippen LogP contribution in [0.3, 0.4) is 0 Å². The van der Waals surface area contributed by atoms with Crippen LogP contribution >= 0.6 is 0 Å². The van der Waals surface area contributed by atoms with Crippen molar-refractivity contribution in [3.05, 3.63) is 97.2 Å². The summed E-state index contributed by atoms with van der Waals surface area (Å²) < 4.78 is 0. The maximum atomic E-state index is 11.2. The molecule has 0 spiro atoms. The fourth-order valence-electron chi connectivity index (χ4n) is 8.69. The lowest BCUT2D eigenvalue weighted by Crippen LogP contribution is -2.44. The van der Waals surface area contributed by atoms with E-state index in [4.69, 9.17) is 0 Å². The number of aliphatic hydroxyl groups is 4. The van der Waals surface area contributed by atoms with Crippen molar-refractivity contribution < 1.29 is 20.4 Å². The third-order valence-corrected chi connectivity index (χ3v) is 13.4. The molecule has 0 radical (unpaired) electrons. The lowest BCUT2D eigenvalue weighted by atomic mass is 10.1. The standard InChI is InChI=1S/C65H119N3O4/c1-6-10-14-18-22-26-30-34-38-42-46-50-62(69)58-67(59-63(70)51-47-43-39-35-31-27-23-19-15-11-7-2)56-54-66(5)55-57-68(60-64(71)52-48-44-40-36-32-28-24-20-16-12-8-3)61-65(72)53-49-45-41-37-33-29-25-21-17-13-9-4/h18-25,30-37,62-65,69-72H,6-17,26-29,38-61H2,1-5H3/b22-18-,23-19-,24-20-,25-21-,34-30-,35-31-,36-32-,37-33-. The molecule has 72 heavy (non-hydrogen) atoms. The van der Waals surface area contributed by atoms with E-state index in [1.807, 2.05) is 0 Å². The molecule has 0 aromatic carbocycles. The number of hydrogen-bond acceptors (Lipinski definition) is 7. The van der Waals surface area contributed by atoms with E-state index >= 15 is 0 Å². The molecule has 4 N–H and O–H groups in total. The van der Waals surface area contributed by atoms with E-state index in [9.17, 15) is 20.4 Å². The Bertz CT molecular complexity index is 1160. The normalized spacial score (nSPS) is 14.7. The van der Waals surface area contributed by atoms with Crippen molar-refractivity contribution >= 4 is 0 Å². The Morgan fingerprint density at radius 3 is 0.694 bits per heavy atom. The van der Waals surface area contributed by atoms with Crippen LogP contribution in [0.4, 0.5) is 0 Å². The first-order valence-electron chi connectivity index (χ1n) is 30.3. The first-order valence-corrected chi connectivity index (χ1v) is 30.3. The lowest BCUT2D eigenvalue weighted by molar-refractivity contribution is 0.0494. The molecule has 0 aliphatic rings. The Kier molecular flexibility index (Phi) is 54.5. The van der Waals surface area contributed by atoms with Gasteiger partial charge in [-0.15, -0.1) is 0 Å². The SMILES string of the molecule is CCCC/C=C\C/C=C\CCCCC(O)CN(CCN(C)CCN(CC(O)CCCC/C=C\C/C=C\CCCC)CC(O)CCCC/C=C\C/C=C\CCCC)CC(O)CCCC/C=C\C/C=C\CCCC. The van der Waals surface area contributed by atoms with E-state index < -0.39 is 24.4 Å². The van der Waals surface area contributed by atoms with Gasteiger partial charge in [0, 0.05) is 52.4 Å². The summed E-state index contributed by atoms with van der Waals surface area (Å²) >= 11 is 0. The van der Waals surface area contributed by atoms with E-state index in [1.54, 1.807) is 0 Å². The van der Waals surface area contributed by atoms with Gasteiger partial charge in [0.15, 0.2) is 0 Å². The maximum Gasteiger partial charge on any atom is 0.0667 e. The molecule has 7 heteroatoms. The summed E-state index contributed by atoms with van der Waals surface area (Å²) in [6.07, 6.45) is 68.9. The summed E-state index contributed by atoms with van der Waals surface area (Å²) in [6, 6.07) is 0. The molecule has 7 nitrogen and oxygen atoms in total. The Morgan fingerprint density at radius 2 is 0.486 bits per heavy atom. The molecule has 0 amide bonds. The Labute approximate surface area is 447 Å². The number of likely N-dealkylation sites (N-methyl/N-ethyl adjacent to an activating group) is 1. The lowest BCUT2D eigenvalue weighted by Gasteiger charge is -2.31. The quantitative estimate of drug-likeness (QED) is 0.0356. The van der Waals surface area contributed by atoms with Crippen LogP contribution in [0.1, 0.15) is 233 Å². The van der Waals surface area contributed by atoms with Crippen LogP contribution in [0.25, 0.3) is 0 Å². The van der Waals surface area contributed by atoms with Gasteiger partial charge in [-0.05, 0) is 135 Å². The summed E-state index contributed by atoms with van der Waals surface area (Å²) in [5.41, 5.74) is 0. The van der Waals surface area contributed by atoms with E-state index in [0.717, 1.165) is 155 Å². The zero-order chi connectivity index (χ0) is 52.6. The zero-order valence-electron chi connectivity index (χ0n) is 48.0. The van der Waals surface area contributed by atoms with Crippen LogP contribution in [0.5, 0.6) is 0 Å². The fourth-order valence-corrected chi connectivity index (χ4v) is 8.69. The third-order valence-electron chi connectivity index (χ3n) is 13.4. The summed E-state index contributed by atoms with van der Waals surface area (Å²) in [4.78, 5) is 6.90. The van der Waals surface area contributed by atoms with E-state index in [-0.39, 0.29) is 0 Å². The van der Waals surface area contributed by atoms with Crippen LogP contribution in [0, 0.1) is 0 Å². The van der Waals surface area contributed by atoms with Gasteiger partial charge in [-0.2, -0.15) is 0 Å². The molecule has 4 atom stereocenters. The number of hydrogen-bond donors (Lipinski definition) is 4. The number of rotatable bonds is 54. The van der Waals surface area contributed by atoms with Crippen molar-refractivity contribution in [1.82, 2.24) is 14.7 Å². The number of unbranched alkanes of at least 4 members (excludes halogenated alkanes) is 16. The molecule has 0 fully saturated rings. The first kappa shape index (κ1) is 69.6. The average molecular weight is 1010 g/mol. The summed E-state index contributed by atoms with van der Waals surface area (Å²) in [5, 5.41) is 45.0. The van der Waals surface area contributed by atoms with Crippen molar-refractivity contribution in [2.24, 2.45) is 0 Å². The molecule has 0 aliphatic heterocycles. The van der Waals surface area contributed by atoms with E-state index in [0.29, 0.717) is 26.2 Å². The van der Waals surface area contributed by atoms with Gasteiger partial charge in [0.2, 0.25) is 0 Å². The highest BCUT2D eigenvalue weighted by atomic mass is 16.3. The van der Waals surface area contributed by atoms with E-state index in [1.165, 1.54) is 77.0 Å². The Morgan fingerprint density at radius 1 is 0.278 bits per heavy atom. The number of allylic oxidation sites excluding steroid dienone is 16. The van der Waals surface area contributed by atoms with Crippen LogP contribution in [-0.2, 0) is 0 Å². The fraction of sp³-hybridized carbons (Fsp3) is 0.754. The van der Waals surface area contributed by atoms with Gasteiger partial charge >= 0.3 is 0 Å². The molecule has 0 aromatic heterocycles. The smallest absolute Gasteiger partial charge is 0.0667 e. The van der Waals surface area contributed by atoms with Crippen LogP contribution in [0.15, 0.2) is 97.2 Å². The molecule has 418 valence electrons. The second kappa shape index (κ2) is 56.4. The average Bonchev–Trinajstić information content (AvgIpc) is 3.36. The largest absolute Gasteiger partial charge is 0.392 e. The second-order valence-corrected chi connectivity index (χ2v) is 20.9. The number of aliphatic hydroxyl groups excluding tert-OH is 4. The van der Waals surface area contributed by atoms with Crippen molar-refractivity contribution in [2.75, 3.05) is 59.4 Å². The van der Waals surface area contributed by atoms with Gasteiger partial charge < -0.3 is 25.3 Å². The van der Waals surface area contributed by atoms with Gasteiger partial charge in [0.1, 0.15) is 0 Å². The van der Waals surface area contributed by atoms with Crippen molar-refractivity contribution in [3.8, 4) is 0 Å². The predicted molar refractivity (Wildman–Crippen MR) is 318 cm³/mol. The van der Waals surface area contributed by atoms with Crippen LogP contribution in [-0.4, -0.2) is 119 Å². The highest BCUT2D eigenvalue weighted by Gasteiger charge is 2.19. The molecule has 0 aliphatic carbocycles. The molecule has 4 unspecified atom stereocenters. The topological polar surface area (TPSA) is 90.6 Å². The van der Waals surface area contributed by atoms with Gasteiger partial charge in [-0.25, -0.2) is 0 Å². The molecular formula is C65H119N3O4. The Balaban J connectivity index is 5.38. The Hall–Kier alpha value is -2.36. The molecular weight excluding hydrogens is 887 g/mol. The summed E-state index contributed by atoms with van der Waals surface area (Å²) in [6.45, 7) is 14.4. The monoisotopic (exact) mass is 1010 g/mol. The minimum absolute atomic E-state index is 0.422. The highest BCUT2D eigenvalue weighted by molar-refractivity contribution is 4.95. The highest BCUT2D eigenvalue weighted by Crippen LogP contribution is 2.13. The zero-order valence-corrected chi connectivity index (χ0v) is 48.0. The molecule has 0 bridgehead atoms. The van der Waals surface area contributed by atoms with E-state index in [2.05, 4.69) is 147 Å². The third kappa shape index (κ3) is 52.5. The molecule has 0 rings (SSSR count). The van der Waals surface area contributed by atoms with Crippen molar-refractivity contribution in [3.63, 3.8) is 0 Å². The van der Waals surface area contributed by atoms with Crippen molar-refractivity contribution in [1.29, 1.82) is 0 Å². The number of nitrogens with zero attached hydrogens (tertiary/aromatic N) is 3. The minimum Gasteiger partial charge on any atom is -0.392 e. The van der Waals surface area contributed by atoms with Gasteiger partial charge in [0.25, 0.3) is 0 Å². The van der Waals surface area contributed by atoms with Crippen LogP contribution in [0.2, 0.25) is 0 Å². The van der Waals surface area contributed by atoms with Gasteiger partial charge in [-0.3, -0.25) is 9.80 Å². The molecule has 0 aromatic rings. The van der Waals surface area contributed by atoms with Gasteiger partial charge in [0.05, 0.1) is 24.4 Å². The summed E-state index contributed by atoms with van der Waals surface area (Å²) in [7, 11) is 2.15. The van der Waals surface area contributed by atoms with Gasteiger partial charge in [-0.1, -0.05) is 202 Å². The molecule has 0 saturated heterocycles. The first-order chi connectivity index (χ1) is 35.2. The second-order valence-electron chi connectivity index (χ2n) is 20.9. The molecule has 0 heterocycles. The predicted octanol–water partition coefficient (Wildman–Crippen LogP) is 16.0. The molecule has 0 saturated carbocycles.